The van der Waals surface area contributed by atoms with E-state index in [9.17, 15) is 23.2 Å². The van der Waals surface area contributed by atoms with E-state index in [1.54, 1.807) is 0 Å². The largest absolute Gasteiger partial charge is 0.465 e. The van der Waals surface area contributed by atoms with Crippen LogP contribution < -0.4 is 10.6 Å². The first kappa shape index (κ1) is 19.8. The molecule has 0 saturated carbocycles. The Bertz CT molecular complexity index is 852. The molecule has 2 aromatic rings. The summed E-state index contributed by atoms with van der Waals surface area (Å²) in [6.07, 6.45) is 0. The molecule has 9 heteroatoms. The normalized spacial score (nSPS) is 10.1. The van der Waals surface area contributed by atoms with E-state index in [0.29, 0.717) is 0 Å². The fourth-order valence-corrected chi connectivity index (χ4v) is 2.17. The van der Waals surface area contributed by atoms with Gasteiger partial charge in [0.1, 0.15) is 11.6 Å². The molecule has 7 nitrogen and oxygen atoms in total. The zero-order valence-corrected chi connectivity index (χ0v) is 14.5. The van der Waals surface area contributed by atoms with Crippen molar-refractivity contribution >= 4 is 29.2 Å². The number of anilines is 2. The molecule has 0 aromatic heterocycles. The minimum atomic E-state index is -0.787. The molecular formula is C18H16F2N2O5. The van der Waals surface area contributed by atoms with Gasteiger partial charge in [0.15, 0.2) is 0 Å². The van der Waals surface area contributed by atoms with Crippen molar-refractivity contribution in [1.29, 1.82) is 0 Å². The molecule has 0 saturated heterocycles. The second-order valence-corrected chi connectivity index (χ2v) is 5.31. The van der Waals surface area contributed by atoms with E-state index in [4.69, 9.17) is 0 Å². The van der Waals surface area contributed by atoms with Crippen molar-refractivity contribution in [3.63, 3.8) is 0 Å². The maximum Gasteiger partial charge on any atom is 0.337 e. The maximum absolute atomic E-state index is 13.6. The van der Waals surface area contributed by atoms with Crippen LogP contribution in [-0.4, -0.2) is 38.6 Å². The maximum atomic E-state index is 13.6. The predicted molar refractivity (Wildman–Crippen MR) is 92.6 cm³/mol. The number of nitrogens with one attached hydrogen (secondary N) is 2. The third-order valence-corrected chi connectivity index (χ3v) is 3.43. The van der Waals surface area contributed by atoms with Crippen molar-refractivity contribution in [3.05, 3.63) is 59.2 Å². The van der Waals surface area contributed by atoms with Gasteiger partial charge in [0, 0.05) is 11.8 Å². The summed E-state index contributed by atoms with van der Waals surface area (Å²) in [6.45, 7) is -0.332. The van der Waals surface area contributed by atoms with Gasteiger partial charge in [-0.1, -0.05) is 0 Å². The first-order chi connectivity index (χ1) is 12.8. The molecular weight excluding hydrogens is 362 g/mol. The zero-order chi connectivity index (χ0) is 20.0. The van der Waals surface area contributed by atoms with Crippen LogP contribution in [0.15, 0.2) is 36.4 Å². The molecule has 2 N–H and O–H groups in total. The van der Waals surface area contributed by atoms with Gasteiger partial charge in [0.2, 0.25) is 5.91 Å². The summed E-state index contributed by atoms with van der Waals surface area (Å²) in [5.74, 6) is -3.52. The minimum Gasteiger partial charge on any atom is -0.465 e. The highest BCUT2D eigenvalue weighted by atomic mass is 19.1. The van der Waals surface area contributed by atoms with E-state index in [1.807, 2.05) is 0 Å². The zero-order valence-electron chi connectivity index (χ0n) is 14.5. The van der Waals surface area contributed by atoms with E-state index in [1.165, 1.54) is 32.4 Å². The lowest BCUT2D eigenvalue weighted by Crippen LogP contribution is -2.22. The van der Waals surface area contributed by atoms with Crippen molar-refractivity contribution in [2.24, 2.45) is 0 Å². The lowest BCUT2D eigenvalue weighted by Gasteiger charge is -2.11. The molecule has 0 spiro atoms. The Hall–Kier alpha value is -3.49. The Kier molecular flexibility index (Phi) is 6.42. The van der Waals surface area contributed by atoms with Crippen molar-refractivity contribution in [2.45, 2.75) is 0 Å². The van der Waals surface area contributed by atoms with Gasteiger partial charge < -0.3 is 20.1 Å². The van der Waals surface area contributed by atoms with Gasteiger partial charge in [-0.3, -0.25) is 4.79 Å². The standard InChI is InChI=1S/C18H16F2N2O5/c1-26-17(24)10-5-11(18(25)27-2)7-13(6-10)21-9-16(23)22-15-8-12(19)3-4-14(15)20/h3-8,21H,9H2,1-2H3,(H,22,23). The molecule has 0 bridgehead atoms. The molecule has 1 amide bonds. The van der Waals surface area contributed by atoms with E-state index >= 15 is 0 Å². The first-order valence-corrected chi connectivity index (χ1v) is 7.64. The number of benzene rings is 2. The molecule has 0 aliphatic carbocycles. The van der Waals surface area contributed by atoms with Crippen LogP contribution in [0.1, 0.15) is 20.7 Å². The van der Waals surface area contributed by atoms with Gasteiger partial charge in [-0.25, -0.2) is 18.4 Å². The number of ether oxygens (including phenoxy) is 2. The molecule has 0 fully saturated rings. The van der Waals surface area contributed by atoms with E-state index in [0.717, 1.165) is 18.2 Å². The molecule has 0 radical (unpaired) electrons. The number of amides is 1. The number of methoxy groups -OCH3 is 2. The van der Waals surface area contributed by atoms with Crippen LogP contribution >= 0.6 is 0 Å². The second-order valence-electron chi connectivity index (χ2n) is 5.31. The minimum absolute atomic E-state index is 0.0690. The topological polar surface area (TPSA) is 93.7 Å². The van der Waals surface area contributed by atoms with Gasteiger partial charge in [-0.15, -0.1) is 0 Å². The van der Waals surface area contributed by atoms with E-state index < -0.39 is 29.5 Å². The lowest BCUT2D eigenvalue weighted by atomic mass is 10.1. The number of carbonyl (C=O) groups is 3. The summed E-state index contributed by atoms with van der Waals surface area (Å²) in [4.78, 5) is 35.4. The predicted octanol–water partition coefficient (Wildman–Crippen LogP) is 2.59. The molecule has 0 aliphatic heterocycles. The van der Waals surface area contributed by atoms with E-state index in [2.05, 4.69) is 20.1 Å². The van der Waals surface area contributed by atoms with E-state index in [-0.39, 0.29) is 29.0 Å². The molecule has 0 unspecified atom stereocenters. The highest BCUT2D eigenvalue weighted by Gasteiger charge is 2.14. The monoisotopic (exact) mass is 378 g/mol. The summed E-state index contributed by atoms with van der Waals surface area (Å²) in [7, 11) is 2.36. The van der Waals surface area contributed by atoms with Crippen molar-refractivity contribution < 1.29 is 32.6 Å². The highest BCUT2D eigenvalue weighted by molar-refractivity contribution is 5.98. The SMILES string of the molecule is COC(=O)c1cc(NCC(=O)Nc2cc(F)ccc2F)cc(C(=O)OC)c1. The van der Waals surface area contributed by atoms with Crippen molar-refractivity contribution in [2.75, 3.05) is 31.4 Å². The average Bonchev–Trinajstić information content (AvgIpc) is 2.67. The summed E-state index contributed by atoms with van der Waals surface area (Å²) >= 11 is 0. The smallest absolute Gasteiger partial charge is 0.337 e. The summed E-state index contributed by atoms with van der Waals surface area (Å²) in [5, 5.41) is 4.91. The Labute approximate surface area is 153 Å². The third-order valence-electron chi connectivity index (χ3n) is 3.43. The number of carbonyl (C=O) groups excluding carboxylic acids is 3. The molecule has 2 aromatic carbocycles. The van der Waals surface area contributed by atoms with Crippen molar-refractivity contribution in [1.82, 2.24) is 0 Å². The highest BCUT2D eigenvalue weighted by Crippen LogP contribution is 2.18. The first-order valence-electron chi connectivity index (χ1n) is 7.64. The number of esters is 2. The molecule has 0 atom stereocenters. The van der Waals surface area contributed by atoms with Gasteiger partial charge in [-0.05, 0) is 30.3 Å². The van der Waals surface area contributed by atoms with Crippen LogP contribution in [0.2, 0.25) is 0 Å². The van der Waals surface area contributed by atoms with Crippen LogP contribution in [0.25, 0.3) is 0 Å². The molecule has 142 valence electrons. The third kappa shape index (κ3) is 5.24. The van der Waals surface area contributed by atoms with Crippen LogP contribution in [0.3, 0.4) is 0 Å². The quantitative estimate of drug-likeness (QED) is 0.751. The average molecular weight is 378 g/mol. The number of hydrogen-bond donors (Lipinski definition) is 2. The molecule has 2 rings (SSSR count). The summed E-state index contributed by atoms with van der Waals surface area (Å²) in [5.41, 5.74) is 0.0903. The molecule has 0 heterocycles. The van der Waals surface area contributed by atoms with Crippen LogP contribution in [0.5, 0.6) is 0 Å². The van der Waals surface area contributed by atoms with Gasteiger partial charge >= 0.3 is 11.9 Å². The van der Waals surface area contributed by atoms with Crippen LogP contribution in [-0.2, 0) is 14.3 Å². The van der Waals surface area contributed by atoms with Crippen LogP contribution in [0.4, 0.5) is 20.2 Å². The van der Waals surface area contributed by atoms with Crippen molar-refractivity contribution in [3.8, 4) is 0 Å². The lowest BCUT2D eigenvalue weighted by molar-refractivity contribution is -0.114. The van der Waals surface area contributed by atoms with Gasteiger partial charge in [0.25, 0.3) is 0 Å². The number of halogens is 2. The Balaban J connectivity index is 2.13. The Morgan fingerprint density at radius 3 is 2.07 bits per heavy atom. The Morgan fingerprint density at radius 2 is 1.52 bits per heavy atom. The van der Waals surface area contributed by atoms with Crippen LogP contribution in [0, 0.1) is 11.6 Å². The number of rotatable bonds is 6. The second kappa shape index (κ2) is 8.75. The van der Waals surface area contributed by atoms with Gasteiger partial charge in [-0.2, -0.15) is 0 Å². The summed E-state index contributed by atoms with van der Waals surface area (Å²) in [6, 6.07) is 6.69. The fourth-order valence-electron chi connectivity index (χ4n) is 2.17. The molecule has 27 heavy (non-hydrogen) atoms. The fraction of sp³-hybridized carbons (Fsp3) is 0.167. The molecule has 0 aliphatic rings. The number of hydrogen-bond acceptors (Lipinski definition) is 6. The van der Waals surface area contributed by atoms with Gasteiger partial charge in [0.05, 0.1) is 37.6 Å². The Morgan fingerprint density at radius 1 is 0.926 bits per heavy atom. The summed E-state index contributed by atoms with van der Waals surface area (Å²) < 4.78 is 35.9.